The van der Waals surface area contributed by atoms with Gasteiger partial charge in [0.1, 0.15) is 5.69 Å². The molecule has 22 heavy (non-hydrogen) atoms. The molecular weight excluding hydrogens is 282 g/mol. The van der Waals surface area contributed by atoms with Crippen molar-refractivity contribution >= 4 is 11.8 Å². The standard InChI is InChI=1S/C16H23N3O3/c1-21-15(20)11-6-4-2-3-5-10-14-18-16(19-22-14)13-9-7-8-12-17-13/h7-9,12,14H,2-6,10-11H2,1H3,(H,18,19). The normalized spacial score (nSPS) is 17.0. The summed E-state index contributed by atoms with van der Waals surface area (Å²) < 4.78 is 4.61. The number of carbonyl (C=O) groups is 1. The molecule has 1 atom stereocenters. The first-order valence-corrected chi connectivity index (χ1v) is 7.77. The SMILES string of the molecule is COC(=O)CCCCCCCC1N=C(c2ccccn2)NO1. The number of nitrogens with one attached hydrogen (secondary N) is 1. The predicted octanol–water partition coefficient (Wildman–Crippen LogP) is 2.59. The third-order valence-electron chi connectivity index (χ3n) is 3.53. The molecular formula is C16H23N3O3. The van der Waals surface area contributed by atoms with E-state index >= 15 is 0 Å². The summed E-state index contributed by atoms with van der Waals surface area (Å²) in [5.41, 5.74) is 3.64. The molecule has 0 saturated heterocycles. The van der Waals surface area contributed by atoms with Gasteiger partial charge >= 0.3 is 5.97 Å². The van der Waals surface area contributed by atoms with Gasteiger partial charge in [-0.3, -0.25) is 9.78 Å². The number of aromatic nitrogens is 1. The number of esters is 1. The maximum Gasteiger partial charge on any atom is 0.305 e. The van der Waals surface area contributed by atoms with Gasteiger partial charge in [-0.15, -0.1) is 0 Å². The van der Waals surface area contributed by atoms with Crippen molar-refractivity contribution in [2.75, 3.05) is 7.11 Å². The van der Waals surface area contributed by atoms with Crippen LogP contribution >= 0.6 is 0 Å². The Morgan fingerprint density at radius 2 is 2.09 bits per heavy atom. The van der Waals surface area contributed by atoms with E-state index < -0.39 is 0 Å². The van der Waals surface area contributed by atoms with Crippen LogP contribution in [-0.2, 0) is 14.4 Å². The Balaban J connectivity index is 1.57. The van der Waals surface area contributed by atoms with Gasteiger partial charge in [0.25, 0.3) is 0 Å². The summed E-state index contributed by atoms with van der Waals surface area (Å²) in [6.45, 7) is 0. The number of aliphatic imine (C=N–C) groups is 1. The number of amidine groups is 1. The minimum absolute atomic E-state index is 0.123. The molecule has 2 heterocycles. The second kappa shape index (κ2) is 9.15. The molecule has 1 aliphatic rings. The van der Waals surface area contributed by atoms with E-state index in [1.54, 1.807) is 6.20 Å². The van der Waals surface area contributed by atoms with Gasteiger partial charge in [0.15, 0.2) is 12.1 Å². The Labute approximate surface area is 130 Å². The quantitative estimate of drug-likeness (QED) is 0.561. The number of unbranched alkanes of at least 4 members (excludes halogenated alkanes) is 4. The molecule has 6 nitrogen and oxygen atoms in total. The number of hydroxylamine groups is 1. The molecule has 2 rings (SSSR count). The lowest BCUT2D eigenvalue weighted by atomic mass is 10.1. The Morgan fingerprint density at radius 3 is 2.86 bits per heavy atom. The molecule has 0 radical (unpaired) electrons. The van der Waals surface area contributed by atoms with E-state index in [-0.39, 0.29) is 12.2 Å². The Bertz CT molecular complexity index is 491. The van der Waals surface area contributed by atoms with Crippen molar-refractivity contribution in [1.82, 2.24) is 10.5 Å². The van der Waals surface area contributed by atoms with Crippen LogP contribution in [0.3, 0.4) is 0 Å². The van der Waals surface area contributed by atoms with E-state index in [2.05, 4.69) is 20.2 Å². The number of hydrogen-bond acceptors (Lipinski definition) is 6. The van der Waals surface area contributed by atoms with Gasteiger partial charge in [-0.25, -0.2) is 15.3 Å². The van der Waals surface area contributed by atoms with E-state index in [1.165, 1.54) is 7.11 Å². The van der Waals surface area contributed by atoms with Crippen molar-refractivity contribution in [3.8, 4) is 0 Å². The lowest BCUT2D eigenvalue weighted by Gasteiger charge is -2.05. The van der Waals surface area contributed by atoms with E-state index in [9.17, 15) is 4.79 Å². The van der Waals surface area contributed by atoms with Crippen LogP contribution in [0, 0.1) is 0 Å². The van der Waals surface area contributed by atoms with E-state index in [4.69, 9.17) is 4.84 Å². The summed E-state index contributed by atoms with van der Waals surface area (Å²) in [7, 11) is 1.43. The zero-order chi connectivity index (χ0) is 15.6. The first-order chi connectivity index (χ1) is 10.8. The summed E-state index contributed by atoms with van der Waals surface area (Å²) >= 11 is 0. The maximum atomic E-state index is 11.0. The molecule has 1 aromatic heterocycles. The summed E-state index contributed by atoms with van der Waals surface area (Å²) in [6.07, 6.45) is 8.27. The molecule has 0 fully saturated rings. The highest BCUT2D eigenvalue weighted by Crippen LogP contribution is 2.14. The first kappa shape index (κ1) is 16.4. The highest BCUT2D eigenvalue weighted by molar-refractivity contribution is 5.96. The Hall–Kier alpha value is -1.95. The molecule has 0 saturated carbocycles. The van der Waals surface area contributed by atoms with E-state index in [1.807, 2.05) is 18.2 Å². The highest BCUT2D eigenvalue weighted by Gasteiger charge is 2.18. The average molecular weight is 305 g/mol. The van der Waals surface area contributed by atoms with Gasteiger partial charge < -0.3 is 4.74 Å². The van der Waals surface area contributed by atoms with Crippen LogP contribution in [0.15, 0.2) is 29.4 Å². The topological polar surface area (TPSA) is 72.8 Å². The molecule has 1 N–H and O–H groups in total. The summed E-state index contributed by atoms with van der Waals surface area (Å²) in [5.74, 6) is 0.575. The van der Waals surface area contributed by atoms with Gasteiger partial charge in [-0.05, 0) is 31.4 Å². The molecule has 0 bridgehead atoms. The lowest BCUT2D eigenvalue weighted by molar-refractivity contribution is -0.140. The molecule has 6 heteroatoms. The fourth-order valence-electron chi connectivity index (χ4n) is 2.29. The second-order valence-corrected chi connectivity index (χ2v) is 5.25. The van der Waals surface area contributed by atoms with Crippen molar-refractivity contribution < 1.29 is 14.4 Å². The number of rotatable bonds is 9. The second-order valence-electron chi connectivity index (χ2n) is 5.25. The summed E-state index contributed by atoms with van der Waals surface area (Å²) in [6, 6.07) is 5.70. The van der Waals surface area contributed by atoms with Gasteiger partial charge in [0, 0.05) is 12.6 Å². The molecule has 1 aromatic rings. The van der Waals surface area contributed by atoms with Gasteiger partial charge in [0.2, 0.25) is 0 Å². The molecule has 0 aliphatic carbocycles. The monoisotopic (exact) mass is 305 g/mol. The average Bonchev–Trinajstić information content (AvgIpc) is 3.03. The number of methoxy groups -OCH3 is 1. The van der Waals surface area contributed by atoms with Crippen molar-refractivity contribution in [2.45, 2.75) is 51.2 Å². The van der Waals surface area contributed by atoms with Crippen LogP contribution in [-0.4, -0.2) is 30.1 Å². The van der Waals surface area contributed by atoms with Crippen LogP contribution in [0.1, 0.15) is 50.6 Å². The Morgan fingerprint density at radius 1 is 1.27 bits per heavy atom. The van der Waals surface area contributed by atoms with Crippen molar-refractivity contribution in [3.05, 3.63) is 30.1 Å². The van der Waals surface area contributed by atoms with Crippen LogP contribution in [0.5, 0.6) is 0 Å². The van der Waals surface area contributed by atoms with Crippen LogP contribution in [0.2, 0.25) is 0 Å². The van der Waals surface area contributed by atoms with E-state index in [0.717, 1.165) is 44.2 Å². The number of ether oxygens (including phenoxy) is 1. The first-order valence-electron chi connectivity index (χ1n) is 7.77. The van der Waals surface area contributed by atoms with Crippen molar-refractivity contribution in [1.29, 1.82) is 0 Å². The third kappa shape index (κ3) is 5.44. The van der Waals surface area contributed by atoms with Crippen LogP contribution < -0.4 is 5.48 Å². The van der Waals surface area contributed by atoms with Crippen molar-refractivity contribution in [3.63, 3.8) is 0 Å². The largest absolute Gasteiger partial charge is 0.469 e. The molecule has 1 aliphatic heterocycles. The fourth-order valence-corrected chi connectivity index (χ4v) is 2.29. The van der Waals surface area contributed by atoms with Crippen molar-refractivity contribution in [2.24, 2.45) is 4.99 Å². The number of pyridine rings is 1. The summed E-state index contributed by atoms with van der Waals surface area (Å²) in [5, 5.41) is 0. The van der Waals surface area contributed by atoms with Gasteiger partial charge in [0.05, 0.1) is 7.11 Å². The van der Waals surface area contributed by atoms with Gasteiger partial charge in [-0.2, -0.15) is 0 Å². The molecule has 1 unspecified atom stereocenters. The van der Waals surface area contributed by atoms with Gasteiger partial charge in [-0.1, -0.05) is 25.3 Å². The smallest absolute Gasteiger partial charge is 0.305 e. The zero-order valence-electron chi connectivity index (χ0n) is 13.0. The number of hydrogen-bond donors (Lipinski definition) is 1. The highest BCUT2D eigenvalue weighted by atomic mass is 16.7. The molecule has 120 valence electrons. The lowest BCUT2D eigenvalue weighted by Crippen LogP contribution is -2.20. The maximum absolute atomic E-state index is 11.0. The molecule has 0 aromatic carbocycles. The predicted molar refractivity (Wildman–Crippen MR) is 83.1 cm³/mol. The van der Waals surface area contributed by atoms with Crippen LogP contribution in [0.4, 0.5) is 0 Å². The van der Waals surface area contributed by atoms with Crippen LogP contribution in [0.25, 0.3) is 0 Å². The third-order valence-corrected chi connectivity index (χ3v) is 3.53. The summed E-state index contributed by atoms with van der Waals surface area (Å²) in [4.78, 5) is 25.1. The fraction of sp³-hybridized carbons (Fsp3) is 0.562. The molecule has 0 spiro atoms. The molecule has 0 amide bonds. The zero-order valence-corrected chi connectivity index (χ0v) is 13.0. The number of nitrogens with zero attached hydrogens (tertiary/aromatic N) is 2. The number of carbonyl (C=O) groups excluding carboxylic acids is 1. The Kier molecular flexibility index (Phi) is 6.83. The minimum atomic E-state index is -0.132. The van der Waals surface area contributed by atoms with E-state index in [0.29, 0.717) is 12.3 Å². The minimum Gasteiger partial charge on any atom is -0.469 e.